The lowest BCUT2D eigenvalue weighted by atomic mass is 10.2. The molecular weight excluding hydrogens is 357 g/mol. The molecule has 0 amide bonds. The molecule has 1 saturated heterocycles. The molecule has 0 saturated carbocycles. The summed E-state index contributed by atoms with van der Waals surface area (Å²) in [4.78, 5) is 22.9. The van der Waals surface area contributed by atoms with Crippen LogP contribution in [0.4, 0.5) is 10.3 Å². The lowest BCUT2D eigenvalue weighted by molar-refractivity contribution is 0.550. The highest BCUT2D eigenvalue weighted by molar-refractivity contribution is 5.60. The van der Waals surface area contributed by atoms with Gasteiger partial charge in [0.05, 0.1) is 11.9 Å². The topological polar surface area (TPSA) is 63.1 Å². The van der Waals surface area contributed by atoms with Gasteiger partial charge in [-0.3, -0.25) is 14.3 Å². The molecule has 1 N–H and O–H groups in total. The van der Waals surface area contributed by atoms with Crippen LogP contribution in [-0.4, -0.2) is 33.7 Å². The van der Waals surface area contributed by atoms with Gasteiger partial charge in [-0.2, -0.15) is 0 Å². The number of anilines is 1. The maximum absolute atomic E-state index is 14.1. The Balaban J connectivity index is 1.53. The monoisotopic (exact) mass is 379 g/mol. The molecule has 3 aromatic rings. The first-order valence-corrected chi connectivity index (χ1v) is 9.32. The first kappa shape index (κ1) is 18.3. The van der Waals surface area contributed by atoms with E-state index in [2.05, 4.69) is 32.3 Å². The van der Waals surface area contributed by atoms with Crippen LogP contribution in [0.25, 0.3) is 11.3 Å². The van der Waals surface area contributed by atoms with Crippen LogP contribution < -0.4 is 15.8 Å². The molecule has 144 valence electrons. The van der Waals surface area contributed by atoms with Crippen LogP contribution in [0.3, 0.4) is 0 Å². The maximum Gasteiger partial charge on any atom is 0.255 e. The van der Waals surface area contributed by atoms with E-state index < -0.39 is 5.82 Å². The fourth-order valence-corrected chi connectivity index (χ4v) is 3.50. The minimum atomic E-state index is -0.488. The number of halogens is 1. The van der Waals surface area contributed by atoms with Gasteiger partial charge >= 0.3 is 0 Å². The number of aromatic nitrogens is 3. The third-order valence-electron chi connectivity index (χ3n) is 5.07. The predicted molar refractivity (Wildman–Crippen MR) is 107 cm³/mol. The molecule has 0 bridgehead atoms. The molecular formula is C21H22FN5O. The standard InChI is InChI=1S/C21H22FN5O/c1-26-20(28)11-19(17-7-9-23-13-18(17)22)25-21(26)27-10-8-16(14-27)24-12-15-5-3-2-4-6-15/h2-7,9,11,13,16,24H,8,10,12,14H2,1H3/t16-/m1/s1. The number of benzene rings is 1. The van der Waals surface area contributed by atoms with Crippen molar-refractivity contribution < 1.29 is 4.39 Å². The van der Waals surface area contributed by atoms with Crippen molar-refractivity contribution in [1.29, 1.82) is 0 Å². The number of hydrogen-bond acceptors (Lipinski definition) is 5. The summed E-state index contributed by atoms with van der Waals surface area (Å²) in [6.07, 6.45) is 3.58. The van der Waals surface area contributed by atoms with Crippen molar-refractivity contribution in [2.45, 2.75) is 19.0 Å². The molecule has 0 unspecified atom stereocenters. The quantitative estimate of drug-likeness (QED) is 0.737. The lowest BCUT2D eigenvalue weighted by Crippen LogP contribution is -2.35. The molecule has 4 rings (SSSR count). The molecule has 6 nitrogen and oxygen atoms in total. The Hall–Kier alpha value is -3.06. The van der Waals surface area contributed by atoms with Gasteiger partial charge in [0, 0.05) is 50.6 Å². The average Bonchev–Trinajstić information content (AvgIpc) is 3.18. The zero-order valence-corrected chi connectivity index (χ0v) is 15.7. The third kappa shape index (κ3) is 3.80. The van der Waals surface area contributed by atoms with Crippen molar-refractivity contribution in [3.63, 3.8) is 0 Å². The number of rotatable bonds is 5. The molecule has 0 radical (unpaired) electrons. The molecule has 1 aromatic carbocycles. The summed E-state index contributed by atoms with van der Waals surface area (Å²) in [5, 5.41) is 3.56. The summed E-state index contributed by atoms with van der Waals surface area (Å²) < 4.78 is 15.6. The highest BCUT2D eigenvalue weighted by Crippen LogP contribution is 2.23. The first-order chi connectivity index (χ1) is 13.6. The summed E-state index contributed by atoms with van der Waals surface area (Å²) in [6, 6.07) is 13.5. The van der Waals surface area contributed by atoms with Gasteiger partial charge in [-0.1, -0.05) is 30.3 Å². The number of nitrogens with zero attached hydrogens (tertiary/aromatic N) is 4. The van der Waals surface area contributed by atoms with E-state index in [0.717, 1.165) is 32.3 Å². The molecule has 0 spiro atoms. The third-order valence-corrected chi connectivity index (χ3v) is 5.07. The Labute approximate surface area is 162 Å². The smallest absolute Gasteiger partial charge is 0.255 e. The molecule has 7 heteroatoms. The highest BCUT2D eigenvalue weighted by atomic mass is 19.1. The van der Waals surface area contributed by atoms with Crippen molar-refractivity contribution >= 4 is 5.95 Å². The van der Waals surface area contributed by atoms with Crippen molar-refractivity contribution in [3.8, 4) is 11.3 Å². The van der Waals surface area contributed by atoms with Gasteiger partial charge in [0.1, 0.15) is 0 Å². The van der Waals surface area contributed by atoms with Gasteiger partial charge in [-0.15, -0.1) is 0 Å². The summed E-state index contributed by atoms with van der Waals surface area (Å²) in [7, 11) is 1.70. The Kier molecular flexibility index (Phi) is 5.16. The number of pyridine rings is 1. The normalized spacial score (nSPS) is 16.5. The highest BCUT2D eigenvalue weighted by Gasteiger charge is 2.25. The largest absolute Gasteiger partial charge is 0.341 e. The van der Waals surface area contributed by atoms with Crippen LogP contribution in [0.2, 0.25) is 0 Å². The van der Waals surface area contributed by atoms with Crippen LogP contribution in [-0.2, 0) is 13.6 Å². The minimum absolute atomic E-state index is 0.211. The van der Waals surface area contributed by atoms with E-state index in [9.17, 15) is 9.18 Å². The van der Waals surface area contributed by atoms with Gasteiger partial charge in [0.2, 0.25) is 5.95 Å². The molecule has 1 aliphatic rings. The summed E-state index contributed by atoms with van der Waals surface area (Å²) in [5.41, 5.74) is 1.64. The zero-order valence-electron chi connectivity index (χ0n) is 15.7. The Bertz CT molecular complexity index is 1020. The molecule has 2 aromatic heterocycles. The van der Waals surface area contributed by atoms with Gasteiger partial charge in [-0.25, -0.2) is 9.37 Å². The molecule has 1 aliphatic heterocycles. The second-order valence-electron chi connectivity index (χ2n) is 6.99. The van der Waals surface area contributed by atoms with Crippen molar-refractivity contribution in [1.82, 2.24) is 19.9 Å². The molecule has 1 atom stereocenters. The van der Waals surface area contributed by atoms with E-state index in [1.54, 1.807) is 7.05 Å². The summed E-state index contributed by atoms with van der Waals surface area (Å²) >= 11 is 0. The molecule has 3 heterocycles. The zero-order chi connectivity index (χ0) is 19.5. The molecule has 0 aliphatic carbocycles. The SMILES string of the molecule is Cn1c(N2CC[C@@H](NCc3ccccc3)C2)nc(-c2ccncc2F)cc1=O. The van der Waals surface area contributed by atoms with Crippen molar-refractivity contribution in [2.24, 2.45) is 7.05 Å². The Morgan fingerprint density at radius 3 is 2.86 bits per heavy atom. The van der Waals surface area contributed by atoms with Gasteiger partial charge in [-0.05, 0) is 18.1 Å². The second kappa shape index (κ2) is 7.90. The van der Waals surface area contributed by atoms with E-state index in [0.29, 0.717) is 17.7 Å². The van der Waals surface area contributed by atoms with Gasteiger partial charge < -0.3 is 10.2 Å². The fraction of sp³-hybridized carbons (Fsp3) is 0.286. The van der Waals surface area contributed by atoms with Crippen LogP contribution in [0.5, 0.6) is 0 Å². The fourth-order valence-electron chi connectivity index (χ4n) is 3.50. The lowest BCUT2D eigenvalue weighted by Gasteiger charge is -2.21. The Morgan fingerprint density at radius 1 is 1.25 bits per heavy atom. The van der Waals surface area contributed by atoms with E-state index in [1.807, 2.05) is 18.2 Å². The summed E-state index contributed by atoms with van der Waals surface area (Å²) in [5.74, 6) is 0.0701. The van der Waals surface area contributed by atoms with E-state index in [1.165, 1.54) is 28.5 Å². The molecule has 1 fully saturated rings. The van der Waals surface area contributed by atoms with Crippen LogP contribution in [0.15, 0.2) is 59.7 Å². The van der Waals surface area contributed by atoms with Crippen LogP contribution >= 0.6 is 0 Å². The van der Waals surface area contributed by atoms with Crippen molar-refractivity contribution in [2.75, 3.05) is 18.0 Å². The van der Waals surface area contributed by atoms with E-state index in [4.69, 9.17) is 0 Å². The predicted octanol–water partition coefficient (Wildman–Crippen LogP) is 2.35. The maximum atomic E-state index is 14.1. The average molecular weight is 379 g/mol. The number of nitrogens with one attached hydrogen (secondary N) is 1. The van der Waals surface area contributed by atoms with Crippen molar-refractivity contribution in [3.05, 3.63) is 76.6 Å². The Morgan fingerprint density at radius 2 is 2.07 bits per heavy atom. The minimum Gasteiger partial charge on any atom is -0.341 e. The van der Waals surface area contributed by atoms with Crippen LogP contribution in [0.1, 0.15) is 12.0 Å². The second-order valence-corrected chi connectivity index (χ2v) is 6.99. The summed E-state index contributed by atoms with van der Waals surface area (Å²) in [6.45, 7) is 2.33. The number of hydrogen-bond donors (Lipinski definition) is 1. The van der Waals surface area contributed by atoms with Gasteiger partial charge in [0.15, 0.2) is 5.82 Å². The van der Waals surface area contributed by atoms with E-state index in [-0.39, 0.29) is 11.1 Å². The van der Waals surface area contributed by atoms with Gasteiger partial charge in [0.25, 0.3) is 5.56 Å². The molecule has 28 heavy (non-hydrogen) atoms. The van der Waals surface area contributed by atoms with Crippen LogP contribution in [0, 0.1) is 5.82 Å². The first-order valence-electron chi connectivity index (χ1n) is 9.32. The van der Waals surface area contributed by atoms with E-state index >= 15 is 0 Å².